The van der Waals surface area contributed by atoms with Crippen LogP contribution in [-0.4, -0.2) is 6.61 Å². The van der Waals surface area contributed by atoms with Gasteiger partial charge in [-0.05, 0) is 58.3 Å². The Bertz CT molecular complexity index is 441. The van der Waals surface area contributed by atoms with Gasteiger partial charge < -0.3 is 4.74 Å². The van der Waals surface area contributed by atoms with E-state index in [0.29, 0.717) is 0 Å². The second-order valence-electron chi connectivity index (χ2n) is 6.12. The highest BCUT2D eigenvalue weighted by atomic mass is 79.9. The van der Waals surface area contributed by atoms with E-state index in [1.54, 1.807) is 0 Å². The molecule has 0 spiro atoms. The molecule has 1 aliphatic rings. The molecule has 1 unspecified atom stereocenters. The third-order valence-electron chi connectivity index (χ3n) is 4.32. The Morgan fingerprint density at radius 2 is 2.00 bits per heavy atom. The van der Waals surface area contributed by atoms with Crippen LogP contribution in [0.3, 0.4) is 0 Å². The largest absolute Gasteiger partial charge is 0.492 e. The van der Waals surface area contributed by atoms with Crippen molar-refractivity contribution in [2.45, 2.75) is 57.7 Å². The lowest BCUT2D eigenvalue weighted by atomic mass is 9.71. The van der Waals surface area contributed by atoms with Crippen molar-refractivity contribution in [3.63, 3.8) is 0 Å². The van der Waals surface area contributed by atoms with E-state index in [1.807, 2.05) is 6.07 Å². The summed E-state index contributed by atoms with van der Waals surface area (Å²) < 4.78 is 6.71. The highest BCUT2D eigenvalue weighted by molar-refractivity contribution is 9.10. The summed E-state index contributed by atoms with van der Waals surface area (Å²) in [5.74, 6) is 0.910. The number of benzene rings is 1. The molecule has 1 aromatic rings. The Morgan fingerprint density at radius 3 is 2.60 bits per heavy atom. The first-order valence-corrected chi connectivity index (χ1v) is 8.86. The predicted molar refractivity (Wildman–Crippen MR) is 89.7 cm³/mol. The molecule has 0 amide bonds. The van der Waals surface area contributed by atoms with Gasteiger partial charge in [0, 0.05) is 0 Å². The van der Waals surface area contributed by atoms with E-state index in [2.05, 4.69) is 41.9 Å². The molecule has 1 nitrogen and oxygen atoms in total. The average molecular weight is 360 g/mol. The topological polar surface area (TPSA) is 9.23 Å². The molecule has 0 aromatic heterocycles. The lowest BCUT2D eigenvalue weighted by molar-refractivity contribution is 0.206. The van der Waals surface area contributed by atoms with E-state index in [1.165, 1.54) is 37.7 Å². The zero-order valence-electron chi connectivity index (χ0n) is 12.4. The monoisotopic (exact) mass is 358 g/mol. The van der Waals surface area contributed by atoms with E-state index in [-0.39, 0.29) is 10.8 Å². The third-order valence-corrected chi connectivity index (χ3v) is 5.72. The molecule has 0 bridgehead atoms. The molecule has 112 valence electrons. The number of ether oxygens (including phenoxy) is 1. The summed E-state index contributed by atoms with van der Waals surface area (Å²) in [5.41, 5.74) is 1.43. The van der Waals surface area contributed by atoms with Crippen molar-refractivity contribution in [2.24, 2.45) is 5.41 Å². The van der Waals surface area contributed by atoms with E-state index >= 15 is 0 Å². The van der Waals surface area contributed by atoms with Crippen LogP contribution in [0.25, 0.3) is 0 Å². The molecular formula is C17H24BrClO. The zero-order chi connectivity index (χ0) is 14.6. The molecule has 1 aliphatic carbocycles. The second-order valence-corrected chi connectivity index (χ2v) is 7.41. The number of rotatable bonds is 5. The van der Waals surface area contributed by atoms with Crippen molar-refractivity contribution in [1.29, 1.82) is 0 Å². The van der Waals surface area contributed by atoms with Crippen molar-refractivity contribution in [1.82, 2.24) is 0 Å². The lowest BCUT2D eigenvalue weighted by Gasteiger charge is -2.38. The van der Waals surface area contributed by atoms with Crippen molar-refractivity contribution in [2.75, 3.05) is 6.61 Å². The van der Waals surface area contributed by atoms with Gasteiger partial charge in [-0.15, -0.1) is 11.6 Å². The van der Waals surface area contributed by atoms with Gasteiger partial charge in [-0.3, -0.25) is 0 Å². The van der Waals surface area contributed by atoms with Crippen molar-refractivity contribution >= 4 is 27.5 Å². The van der Waals surface area contributed by atoms with Crippen LogP contribution in [0.2, 0.25) is 0 Å². The molecule has 1 fully saturated rings. The molecule has 0 aliphatic heterocycles. The molecule has 0 saturated heterocycles. The Kier molecular flexibility index (Phi) is 5.80. The fourth-order valence-corrected chi connectivity index (χ4v) is 3.88. The minimum atomic E-state index is 0.0827. The fraction of sp³-hybridized carbons (Fsp3) is 0.647. The molecule has 1 atom stereocenters. The maximum atomic E-state index is 6.79. The lowest BCUT2D eigenvalue weighted by Crippen LogP contribution is -2.25. The standard InChI is InChI=1S/C17H24BrClO/c1-3-11-20-15-8-7-13(12-14(15)18)16(19)17(2)9-5-4-6-10-17/h7-8,12,16H,3-6,9-11H2,1-2H3. The molecule has 0 heterocycles. The van der Waals surface area contributed by atoms with E-state index in [9.17, 15) is 0 Å². The van der Waals surface area contributed by atoms with Crippen molar-refractivity contribution in [3.05, 3.63) is 28.2 Å². The van der Waals surface area contributed by atoms with E-state index in [4.69, 9.17) is 16.3 Å². The van der Waals surface area contributed by atoms with Gasteiger partial charge in [0.1, 0.15) is 5.75 Å². The normalized spacial score (nSPS) is 19.6. The Balaban J connectivity index is 2.13. The van der Waals surface area contributed by atoms with Crippen LogP contribution in [0.15, 0.2) is 22.7 Å². The summed E-state index contributed by atoms with van der Waals surface area (Å²) in [7, 11) is 0. The summed E-state index contributed by atoms with van der Waals surface area (Å²) >= 11 is 10.4. The number of alkyl halides is 1. The van der Waals surface area contributed by atoms with Crippen LogP contribution in [0.5, 0.6) is 5.75 Å². The minimum absolute atomic E-state index is 0.0827. The molecule has 20 heavy (non-hydrogen) atoms. The molecule has 0 radical (unpaired) electrons. The molecular weight excluding hydrogens is 336 g/mol. The highest BCUT2D eigenvalue weighted by Gasteiger charge is 2.35. The van der Waals surface area contributed by atoms with Crippen molar-refractivity contribution < 1.29 is 4.74 Å². The van der Waals surface area contributed by atoms with Gasteiger partial charge in [0.25, 0.3) is 0 Å². The fourth-order valence-electron chi connectivity index (χ4n) is 3.02. The van der Waals surface area contributed by atoms with Gasteiger partial charge in [0.05, 0.1) is 16.5 Å². The Hall–Kier alpha value is -0.210. The quantitative estimate of drug-likeness (QED) is 0.546. The first-order chi connectivity index (χ1) is 9.57. The summed E-state index contributed by atoms with van der Waals surface area (Å²) in [6.07, 6.45) is 7.44. The Labute approximate surface area is 136 Å². The number of hydrogen-bond donors (Lipinski definition) is 0. The SMILES string of the molecule is CCCOc1ccc(C(Cl)C2(C)CCCCC2)cc1Br. The van der Waals surface area contributed by atoms with Gasteiger partial charge in [-0.25, -0.2) is 0 Å². The van der Waals surface area contributed by atoms with Crippen LogP contribution in [0.4, 0.5) is 0 Å². The summed E-state index contributed by atoms with van der Waals surface area (Å²) in [6.45, 7) is 5.19. The van der Waals surface area contributed by atoms with Crippen molar-refractivity contribution in [3.8, 4) is 5.75 Å². The van der Waals surface area contributed by atoms with Gasteiger partial charge in [-0.1, -0.05) is 39.2 Å². The summed E-state index contributed by atoms with van der Waals surface area (Å²) in [6, 6.07) is 6.28. The first-order valence-electron chi connectivity index (χ1n) is 7.63. The molecule has 3 heteroatoms. The average Bonchev–Trinajstić information content (AvgIpc) is 2.46. The smallest absolute Gasteiger partial charge is 0.133 e. The highest BCUT2D eigenvalue weighted by Crippen LogP contribution is 2.49. The summed E-state index contributed by atoms with van der Waals surface area (Å²) in [4.78, 5) is 0. The van der Waals surface area contributed by atoms with Crippen LogP contribution < -0.4 is 4.74 Å². The maximum Gasteiger partial charge on any atom is 0.133 e. The maximum absolute atomic E-state index is 6.79. The Morgan fingerprint density at radius 1 is 1.30 bits per heavy atom. The third kappa shape index (κ3) is 3.71. The zero-order valence-corrected chi connectivity index (χ0v) is 14.8. The number of halogens is 2. The molecule has 1 saturated carbocycles. The summed E-state index contributed by atoms with van der Waals surface area (Å²) in [5, 5.41) is 0.0827. The molecule has 2 rings (SSSR count). The van der Waals surface area contributed by atoms with E-state index in [0.717, 1.165) is 23.2 Å². The first kappa shape index (κ1) is 16.2. The van der Waals surface area contributed by atoms with Gasteiger partial charge in [0.2, 0.25) is 0 Å². The van der Waals surface area contributed by atoms with Crippen LogP contribution in [0, 0.1) is 5.41 Å². The van der Waals surface area contributed by atoms with Crippen LogP contribution in [-0.2, 0) is 0 Å². The van der Waals surface area contributed by atoms with Crippen LogP contribution in [0.1, 0.15) is 63.3 Å². The van der Waals surface area contributed by atoms with Gasteiger partial charge in [0.15, 0.2) is 0 Å². The second kappa shape index (κ2) is 7.17. The van der Waals surface area contributed by atoms with Gasteiger partial charge >= 0.3 is 0 Å². The van der Waals surface area contributed by atoms with Gasteiger partial charge in [-0.2, -0.15) is 0 Å². The van der Waals surface area contributed by atoms with Crippen LogP contribution >= 0.6 is 27.5 Å². The number of hydrogen-bond acceptors (Lipinski definition) is 1. The minimum Gasteiger partial charge on any atom is -0.492 e. The predicted octanol–water partition coefficient (Wildman–Crippen LogP) is 6.49. The van der Waals surface area contributed by atoms with E-state index < -0.39 is 0 Å². The molecule has 1 aromatic carbocycles. The molecule has 0 N–H and O–H groups in total.